The molecule has 0 atom stereocenters. The van der Waals surface area contributed by atoms with Crippen LogP contribution in [-0.4, -0.2) is 45.4 Å². The summed E-state index contributed by atoms with van der Waals surface area (Å²) in [5.41, 5.74) is 2.23. The van der Waals surface area contributed by atoms with Crippen molar-refractivity contribution < 1.29 is 0 Å². The van der Waals surface area contributed by atoms with Gasteiger partial charge in [-0.05, 0) is 31.0 Å². The fourth-order valence-corrected chi connectivity index (χ4v) is 2.75. The van der Waals surface area contributed by atoms with Crippen LogP contribution in [0.15, 0.2) is 54.0 Å². The number of nitrogens with zero attached hydrogens (tertiary/aromatic N) is 5. The van der Waals surface area contributed by atoms with Gasteiger partial charge in [-0.1, -0.05) is 12.1 Å². The number of guanidine groups is 1. The number of aromatic nitrogens is 4. The van der Waals surface area contributed by atoms with Crippen LogP contribution in [0.3, 0.4) is 0 Å². The average molecular weight is 467 g/mol. The van der Waals surface area contributed by atoms with Gasteiger partial charge in [-0.15, -0.1) is 24.0 Å². The first-order valence-corrected chi connectivity index (χ1v) is 8.68. The lowest BCUT2D eigenvalue weighted by Gasteiger charge is -2.12. The molecule has 3 rings (SSSR count). The second kappa shape index (κ2) is 10.8. The second-order valence-electron chi connectivity index (χ2n) is 5.83. The quantitative estimate of drug-likeness (QED) is 0.231. The largest absolute Gasteiger partial charge is 0.356 e. The Balaban J connectivity index is 0.00000243. The summed E-state index contributed by atoms with van der Waals surface area (Å²) in [5, 5.41) is 10.9. The Hall–Kier alpha value is -2.10. The van der Waals surface area contributed by atoms with Crippen LogP contribution < -0.4 is 10.6 Å². The molecular weight excluding hydrogens is 441 g/mol. The van der Waals surface area contributed by atoms with E-state index in [1.54, 1.807) is 13.2 Å². The van der Waals surface area contributed by atoms with Crippen LogP contribution in [0.2, 0.25) is 0 Å². The zero-order chi connectivity index (χ0) is 17.3. The summed E-state index contributed by atoms with van der Waals surface area (Å²) >= 11 is 0. The summed E-state index contributed by atoms with van der Waals surface area (Å²) in [6.45, 7) is 3.57. The van der Waals surface area contributed by atoms with Crippen LogP contribution in [0.4, 0.5) is 0 Å². The predicted octanol–water partition coefficient (Wildman–Crippen LogP) is 2.50. The molecule has 0 bridgehead atoms. The number of rotatable bonds is 8. The van der Waals surface area contributed by atoms with E-state index in [0.29, 0.717) is 0 Å². The van der Waals surface area contributed by atoms with Gasteiger partial charge < -0.3 is 15.2 Å². The number of benzene rings is 1. The second-order valence-corrected chi connectivity index (χ2v) is 5.83. The zero-order valence-corrected chi connectivity index (χ0v) is 17.3. The highest BCUT2D eigenvalue weighted by Gasteiger charge is 2.01. The lowest BCUT2D eigenvalue weighted by molar-refractivity contribution is 0.568. The minimum absolute atomic E-state index is 0. The number of para-hydroxylation sites is 2. The Kier molecular flexibility index (Phi) is 8.39. The summed E-state index contributed by atoms with van der Waals surface area (Å²) in [4.78, 5) is 8.68. The van der Waals surface area contributed by atoms with Crippen molar-refractivity contribution in [2.24, 2.45) is 4.99 Å². The maximum atomic E-state index is 4.42. The van der Waals surface area contributed by atoms with Gasteiger partial charge in [0.15, 0.2) is 5.96 Å². The molecule has 0 saturated heterocycles. The molecule has 140 valence electrons. The molecule has 2 N–H and O–H groups in total. The summed E-state index contributed by atoms with van der Waals surface area (Å²) in [6, 6.07) is 10.2. The first-order chi connectivity index (χ1) is 12.4. The molecule has 2 heterocycles. The normalized spacial score (nSPS) is 11.3. The van der Waals surface area contributed by atoms with Crippen LogP contribution >= 0.6 is 24.0 Å². The summed E-state index contributed by atoms with van der Waals surface area (Å²) in [6.07, 6.45) is 7.70. The fraction of sp³-hybridized carbons (Fsp3) is 0.389. The highest BCUT2D eigenvalue weighted by Crippen LogP contribution is 2.11. The van der Waals surface area contributed by atoms with Gasteiger partial charge in [0.1, 0.15) is 0 Å². The maximum Gasteiger partial charge on any atom is 0.190 e. The molecule has 0 saturated carbocycles. The van der Waals surface area contributed by atoms with E-state index in [-0.39, 0.29) is 24.0 Å². The Morgan fingerprint density at radius 2 is 1.85 bits per heavy atom. The van der Waals surface area contributed by atoms with E-state index >= 15 is 0 Å². The summed E-state index contributed by atoms with van der Waals surface area (Å²) in [5.74, 6) is 0.843. The molecule has 0 aliphatic heterocycles. The first-order valence-electron chi connectivity index (χ1n) is 8.68. The number of aryl methyl sites for hydroxylation is 2. The van der Waals surface area contributed by atoms with Crippen LogP contribution in [0.5, 0.6) is 0 Å². The zero-order valence-electron chi connectivity index (χ0n) is 15.0. The van der Waals surface area contributed by atoms with Gasteiger partial charge in [0, 0.05) is 45.6 Å². The SMILES string of the molecule is CN=C(NCCCn1cccn1)NCCCn1cnc2ccccc21.I. The van der Waals surface area contributed by atoms with Crippen molar-refractivity contribution in [2.45, 2.75) is 25.9 Å². The number of hydrogen-bond acceptors (Lipinski definition) is 3. The fourth-order valence-electron chi connectivity index (χ4n) is 2.75. The maximum absolute atomic E-state index is 4.42. The van der Waals surface area contributed by atoms with E-state index in [9.17, 15) is 0 Å². The Morgan fingerprint density at radius 3 is 2.58 bits per heavy atom. The third kappa shape index (κ3) is 5.72. The monoisotopic (exact) mass is 467 g/mol. The molecule has 2 aromatic heterocycles. The topological polar surface area (TPSA) is 72.1 Å². The number of halogens is 1. The van der Waals surface area contributed by atoms with Crippen molar-refractivity contribution in [1.82, 2.24) is 30.0 Å². The number of aliphatic imine (C=N–C) groups is 1. The number of hydrogen-bond donors (Lipinski definition) is 2. The third-order valence-corrected chi connectivity index (χ3v) is 4.03. The van der Waals surface area contributed by atoms with Crippen molar-refractivity contribution in [3.63, 3.8) is 0 Å². The number of nitrogens with one attached hydrogen (secondary N) is 2. The van der Waals surface area contributed by atoms with Crippen LogP contribution in [0.1, 0.15) is 12.8 Å². The molecule has 0 fully saturated rings. The molecule has 7 nitrogen and oxygen atoms in total. The van der Waals surface area contributed by atoms with Crippen molar-refractivity contribution >= 4 is 41.0 Å². The van der Waals surface area contributed by atoms with Crippen LogP contribution in [0.25, 0.3) is 11.0 Å². The molecule has 0 amide bonds. The molecule has 1 aromatic carbocycles. The lowest BCUT2D eigenvalue weighted by Crippen LogP contribution is -2.38. The van der Waals surface area contributed by atoms with E-state index in [0.717, 1.165) is 50.5 Å². The van der Waals surface area contributed by atoms with Gasteiger partial charge in [-0.25, -0.2) is 4.98 Å². The van der Waals surface area contributed by atoms with Gasteiger partial charge in [-0.2, -0.15) is 5.10 Å². The van der Waals surface area contributed by atoms with E-state index < -0.39 is 0 Å². The Morgan fingerprint density at radius 1 is 1.08 bits per heavy atom. The van der Waals surface area contributed by atoms with Crippen molar-refractivity contribution in [1.29, 1.82) is 0 Å². The lowest BCUT2D eigenvalue weighted by atomic mass is 10.3. The van der Waals surface area contributed by atoms with Crippen molar-refractivity contribution in [2.75, 3.05) is 20.1 Å². The highest BCUT2D eigenvalue weighted by molar-refractivity contribution is 14.0. The summed E-state index contributed by atoms with van der Waals surface area (Å²) < 4.78 is 4.13. The smallest absolute Gasteiger partial charge is 0.190 e. The van der Waals surface area contributed by atoms with E-state index in [1.807, 2.05) is 41.5 Å². The van der Waals surface area contributed by atoms with E-state index in [2.05, 4.69) is 36.3 Å². The van der Waals surface area contributed by atoms with Gasteiger partial charge in [0.2, 0.25) is 0 Å². The van der Waals surface area contributed by atoms with E-state index in [4.69, 9.17) is 0 Å². The predicted molar refractivity (Wildman–Crippen MR) is 116 cm³/mol. The molecule has 0 spiro atoms. The molecule has 0 aliphatic rings. The third-order valence-electron chi connectivity index (χ3n) is 4.03. The molecule has 0 aliphatic carbocycles. The number of imidazole rings is 1. The van der Waals surface area contributed by atoms with Crippen molar-refractivity contribution in [3.8, 4) is 0 Å². The van der Waals surface area contributed by atoms with Gasteiger partial charge in [-0.3, -0.25) is 9.67 Å². The van der Waals surface area contributed by atoms with Gasteiger partial charge in [0.25, 0.3) is 0 Å². The van der Waals surface area contributed by atoms with Crippen molar-refractivity contribution in [3.05, 3.63) is 49.1 Å². The molecule has 26 heavy (non-hydrogen) atoms. The molecule has 8 heteroatoms. The molecule has 0 unspecified atom stereocenters. The average Bonchev–Trinajstić information content (AvgIpc) is 3.30. The molecule has 0 radical (unpaired) electrons. The van der Waals surface area contributed by atoms with Crippen LogP contribution in [0, 0.1) is 0 Å². The first kappa shape index (κ1) is 20.2. The number of fused-ring (bicyclic) bond motifs is 1. The van der Waals surface area contributed by atoms with E-state index in [1.165, 1.54) is 5.52 Å². The summed E-state index contributed by atoms with van der Waals surface area (Å²) in [7, 11) is 1.80. The molecular formula is C18H26IN7. The van der Waals surface area contributed by atoms with Crippen LogP contribution in [-0.2, 0) is 13.1 Å². The highest BCUT2D eigenvalue weighted by atomic mass is 127. The minimum Gasteiger partial charge on any atom is -0.356 e. The minimum atomic E-state index is 0. The van der Waals surface area contributed by atoms with Gasteiger partial charge >= 0.3 is 0 Å². The Bertz CT molecular complexity index is 795. The molecule has 3 aromatic rings. The van der Waals surface area contributed by atoms with Gasteiger partial charge in [0.05, 0.1) is 17.4 Å². The Labute approximate surface area is 170 Å². The standard InChI is InChI=1S/C18H25N7.HI/c1-19-18(21-10-5-13-25-14-6-11-23-25)20-9-4-12-24-15-22-16-7-2-3-8-17(16)24;/h2-3,6-8,11,14-15H,4-5,9-10,12-13H2,1H3,(H2,19,20,21);1H.